The molecule has 2 rings (SSSR count). The third-order valence-corrected chi connectivity index (χ3v) is 4.62. The first kappa shape index (κ1) is 13.0. The Morgan fingerprint density at radius 2 is 2.47 bits per heavy atom. The molecule has 4 heteroatoms. The minimum Gasteiger partial charge on any atom is -0.330 e. The van der Waals surface area contributed by atoms with Crippen molar-refractivity contribution in [2.24, 2.45) is 5.73 Å². The van der Waals surface area contributed by atoms with Gasteiger partial charge in [0.05, 0.1) is 5.01 Å². The Labute approximate surface area is 108 Å². The van der Waals surface area contributed by atoms with E-state index in [0.29, 0.717) is 0 Å². The van der Waals surface area contributed by atoms with Gasteiger partial charge >= 0.3 is 0 Å². The summed E-state index contributed by atoms with van der Waals surface area (Å²) in [4.78, 5) is 8.53. The average molecular weight is 253 g/mol. The first-order valence-electron chi connectivity index (χ1n) is 6.71. The quantitative estimate of drug-likeness (QED) is 0.844. The van der Waals surface area contributed by atoms with E-state index in [0.717, 1.165) is 31.8 Å². The van der Waals surface area contributed by atoms with E-state index in [4.69, 9.17) is 5.73 Å². The zero-order chi connectivity index (χ0) is 12.1. The van der Waals surface area contributed by atoms with E-state index in [1.165, 1.54) is 35.8 Å². The zero-order valence-electron chi connectivity index (χ0n) is 10.7. The molecular formula is C13H23N3S. The second-order valence-electron chi connectivity index (χ2n) is 4.74. The Balaban J connectivity index is 1.87. The summed E-state index contributed by atoms with van der Waals surface area (Å²) >= 11 is 1.88. The Morgan fingerprint density at radius 3 is 3.24 bits per heavy atom. The van der Waals surface area contributed by atoms with Gasteiger partial charge in [0.1, 0.15) is 0 Å². The number of likely N-dealkylation sites (N-methyl/N-ethyl adjacent to an activating group) is 1. The highest BCUT2D eigenvalue weighted by Crippen LogP contribution is 2.23. The van der Waals surface area contributed by atoms with Crippen LogP contribution >= 0.6 is 11.3 Å². The molecule has 0 aliphatic carbocycles. The van der Waals surface area contributed by atoms with E-state index in [1.807, 2.05) is 17.5 Å². The maximum Gasteiger partial charge on any atom is 0.0943 e. The second-order valence-corrected chi connectivity index (χ2v) is 5.94. The SMILES string of the molecule is CCN1CCCC1Cc1ncc(CCCN)s1. The van der Waals surface area contributed by atoms with Crippen LogP contribution in [0.4, 0.5) is 0 Å². The molecule has 1 unspecified atom stereocenters. The van der Waals surface area contributed by atoms with Gasteiger partial charge in [-0.05, 0) is 45.3 Å². The van der Waals surface area contributed by atoms with Gasteiger partial charge in [-0.15, -0.1) is 11.3 Å². The van der Waals surface area contributed by atoms with Gasteiger partial charge in [0.15, 0.2) is 0 Å². The van der Waals surface area contributed by atoms with Crippen molar-refractivity contribution < 1.29 is 0 Å². The molecule has 2 heterocycles. The lowest BCUT2D eigenvalue weighted by atomic mass is 10.1. The lowest BCUT2D eigenvalue weighted by Gasteiger charge is -2.21. The molecule has 0 radical (unpaired) electrons. The number of nitrogens with zero attached hydrogens (tertiary/aromatic N) is 2. The van der Waals surface area contributed by atoms with Crippen molar-refractivity contribution >= 4 is 11.3 Å². The number of rotatable bonds is 6. The number of nitrogens with two attached hydrogens (primary N) is 1. The van der Waals surface area contributed by atoms with Gasteiger partial charge in [-0.2, -0.15) is 0 Å². The molecule has 96 valence electrons. The predicted molar refractivity (Wildman–Crippen MR) is 73.5 cm³/mol. The topological polar surface area (TPSA) is 42.2 Å². The number of likely N-dealkylation sites (tertiary alicyclic amines) is 1. The largest absolute Gasteiger partial charge is 0.330 e. The molecule has 1 aromatic heterocycles. The van der Waals surface area contributed by atoms with Crippen molar-refractivity contribution in [1.29, 1.82) is 0 Å². The van der Waals surface area contributed by atoms with Crippen molar-refractivity contribution in [3.05, 3.63) is 16.1 Å². The molecule has 0 amide bonds. The third kappa shape index (κ3) is 3.50. The van der Waals surface area contributed by atoms with Crippen LogP contribution in [0, 0.1) is 0 Å². The molecule has 0 saturated carbocycles. The average Bonchev–Trinajstić information content (AvgIpc) is 2.96. The predicted octanol–water partition coefficient (Wildman–Crippen LogP) is 2.06. The number of hydrogen-bond acceptors (Lipinski definition) is 4. The van der Waals surface area contributed by atoms with Crippen LogP contribution in [0.25, 0.3) is 0 Å². The Hall–Kier alpha value is -0.450. The first-order chi connectivity index (χ1) is 8.33. The van der Waals surface area contributed by atoms with Crippen LogP contribution in [0.5, 0.6) is 0 Å². The van der Waals surface area contributed by atoms with Crippen molar-refractivity contribution in [3.8, 4) is 0 Å². The summed E-state index contributed by atoms with van der Waals surface area (Å²) in [5, 5.41) is 1.31. The lowest BCUT2D eigenvalue weighted by molar-refractivity contribution is 0.266. The molecule has 1 aliphatic heterocycles. The van der Waals surface area contributed by atoms with Crippen LogP contribution in [0.1, 0.15) is 36.1 Å². The summed E-state index contributed by atoms with van der Waals surface area (Å²) in [6, 6.07) is 0.730. The molecular weight excluding hydrogens is 230 g/mol. The van der Waals surface area contributed by atoms with Crippen LogP contribution in [0.15, 0.2) is 6.20 Å². The molecule has 1 saturated heterocycles. The van der Waals surface area contributed by atoms with Crippen LogP contribution < -0.4 is 5.73 Å². The van der Waals surface area contributed by atoms with Crippen molar-refractivity contribution in [2.75, 3.05) is 19.6 Å². The van der Waals surface area contributed by atoms with E-state index in [9.17, 15) is 0 Å². The van der Waals surface area contributed by atoms with Gasteiger partial charge in [-0.1, -0.05) is 6.92 Å². The van der Waals surface area contributed by atoms with Gasteiger partial charge in [0.25, 0.3) is 0 Å². The van der Waals surface area contributed by atoms with Crippen molar-refractivity contribution in [1.82, 2.24) is 9.88 Å². The minimum absolute atomic E-state index is 0.730. The van der Waals surface area contributed by atoms with Crippen molar-refractivity contribution in [2.45, 2.75) is 45.1 Å². The Kier molecular flexibility index (Phi) is 4.95. The first-order valence-corrected chi connectivity index (χ1v) is 7.52. The Morgan fingerprint density at radius 1 is 1.59 bits per heavy atom. The zero-order valence-corrected chi connectivity index (χ0v) is 11.5. The third-order valence-electron chi connectivity index (χ3n) is 3.54. The highest BCUT2D eigenvalue weighted by molar-refractivity contribution is 7.11. The molecule has 1 fully saturated rings. The molecule has 1 aliphatic rings. The van der Waals surface area contributed by atoms with Crippen molar-refractivity contribution in [3.63, 3.8) is 0 Å². The van der Waals surface area contributed by atoms with Gasteiger partial charge in [-0.25, -0.2) is 4.98 Å². The number of thiazole rings is 1. The molecule has 0 bridgehead atoms. The molecule has 1 aromatic rings. The van der Waals surface area contributed by atoms with Crippen LogP contribution in [-0.4, -0.2) is 35.6 Å². The maximum atomic E-state index is 5.53. The fourth-order valence-electron chi connectivity index (χ4n) is 2.58. The molecule has 1 atom stereocenters. The van der Waals surface area contributed by atoms with Gasteiger partial charge in [0, 0.05) is 23.5 Å². The maximum absolute atomic E-state index is 5.53. The van der Waals surface area contributed by atoms with E-state index < -0.39 is 0 Å². The highest BCUT2D eigenvalue weighted by Gasteiger charge is 2.23. The summed E-state index contributed by atoms with van der Waals surface area (Å²) in [5.74, 6) is 0. The van der Waals surface area contributed by atoms with Gasteiger partial charge in [0.2, 0.25) is 0 Å². The summed E-state index contributed by atoms with van der Waals surface area (Å²) in [6.45, 7) is 5.48. The number of hydrogen-bond donors (Lipinski definition) is 1. The molecule has 2 N–H and O–H groups in total. The van der Waals surface area contributed by atoms with E-state index >= 15 is 0 Å². The summed E-state index contributed by atoms with van der Waals surface area (Å²) in [5.41, 5.74) is 5.53. The summed E-state index contributed by atoms with van der Waals surface area (Å²) in [6.07, 6.45) is 8.04. The van der Waals surface area contributed by atoms with Gasteiger partial charge < -0.3 is 10.6 Å². The lowest BCUT2D eigenvalue weighted by Crippen LogP contribution is -2.30. The molecule has 3 nitrogen and oxygen atoms in total. The second kappa shape index (κ2) is 6.47. The van der Waals surface area contributed by atoms with Crippen LogP contribution in [0.2, 0.25) is 0 Å². The van der Waals surface area contributed by atoms with E-state index in [1.54, 1.807) is 0 Å². The van der Waals surface area contributed by atoms with Crippen LogP contribution in [-0.2, 0) is 12.8 Å². The molecule has 0 spiro atoms. The smallest absolute Gasteiger partial charge is 0.0943 e. The van der Waals surface area contributed by atoms with E-state index in [-0.39, 0.29) is 0 Å². The summed E-state index contributed by atoms with van der Waals surface area (Å²) in [7, 11) is 0. The fraction of sp³-hybridized carbons (Fsp3) is 0.769. The number of aryl methyl sites for hydroxylation is 1. The van der Waals surface area contributed by atoms with Crippen LogP contribution in [0.3, 0.4) is 0 Å². The normalized spacial score (nSPS) is 21.2. The van der Waals surface area contributed by atoms with Gasteiger partial charge in [-0.3, -0.25) is 0 Å². The molecule has 17 heavy (non-hydrogen) atoms. The summed E-state index contributed by atoms with van der Waals surface area (Å²) < 4.78 is 0. The van der Waals surface area contributed by atoms with E-state index in [2.05, 4.69) is 16.8 Å². The Bertz CT molecular complexity index is 337. The standard InChI is InChI=1S/C13H23N3S/c1-2-16-8-4-5-11(16)9-13-15-10-12(17-13)6-3-7-14/h10-11H,2-9,14H2,1H3. The number of aromatic nitrogens is 1. The monoisotopic (exact) mass is 253 g/mol. The minimum atomic E-state index is 0.730. The highest BCUT2D eigenvalue weighted by atomic mass is 32.1. The fourth-order valence-corrected chi connectivity index (χ4v) is 3.61. The molecule has 0 aromatic carbocycles.